The average Bonchev–Trinajstić information content (AvgIpc) is 2.39. The van der Waals surface area contributed by atoms with Crippen LogP contribution in [0.2, 0.25) is 0 Å². The van der Waals surface area contributed by atoms with Gasteiger partial charge in [0.25, 0.3) is 0 Å². The van der Waals surface area contributed by atoms with E-state index in [4.69, 9.17) is 5.11 Å². The van der Waals surface area contributed by atoms with Crippen LogP contribution in [-0.4, -0.2) is 11.1 Å². The van der Waals surface area contributed by atoms with Crippen LogP contribution in [0.1, 0.15) is 5.56 Å². The molecular formula is C7H6O2S2. The fourth-order valence-electron chi connectivity index (χ4n) is 0.577. The van der Waals surface area contributed by atoms with Crippen molar-refractivity contribution in [2.24, 2.45) is 0 Å². The molecule has 0 amide bonds. The Balaban J connectivity index is 2.82. The van der Waals surface area contributed by atoms with Crippen LogP contribution in [-0.2, 0) is 4.79 Å². The summed E-state index contributed by atoms with van der Waals surface area (Å²) in [4.78, 5) is 10.3. The minimum absolute atomic E-state index is 0.0587. The molecule has 0 saturated heterocycles. The normalized spacial score (nSPS) is 11.5. The van der Waals surface area contributed by atoms with Crippen molar-refractivity contribution in [1.29, 1.82) is 0 Å². The minimum Gasteiger partial charge on any atom is -0.477 e. The highest BCUT2D eigenvalue weighted by Crippen LogP contribution is 2.12. The van der Waals surface area contributed by atoms with Crippen molar-refractivity contribution >= 4 is 36.0 Å². The Labute approximate surface area is 73.6 Å². The molecule has 0 aliphatic rings. The molecule has 0 unspecified atom stereocenters. The number of hydrogen-bond acceptors (Lipinski definition) is 3. The molecule has 0 atom stereocenters. The number of rotatable bonds is 2. The zero-order chi connectivity index (χ0) is 8.27. The largest absolute Gasteiger partial charge is 0.477 e. The highest BCUT2D eigenvalue weighted by atomic mass is 32.1. The van der Waals surface area contributed by atoms with Gasteiger partial charge in [0.1, 0.15) is 0 Å². The second-order valence-corrected chi connectivity index (χ2v) is 3.15. The third kappa shape index (κ3) is 2.40. The van der Waals surface area contributed by atoms with E-state index in [0.717, 1.165) is 5.56 Å². The van der Waals surface area contributed by atoms with Gasteiger partial charge < -0.3 is 5.11 Å². The maximum atomic E-state index is 10.3. The Morgan fingerprint density at radius 3 is 2.91 bits per heavy atom. The second kappa shape index (κ2) is 3.59. The monoisotopic (exact) mass is 186 g/mol. The lowest BCUT2D eigenvalue weighted by Crippen LogP contribution is -1.92. The van der Waals surface area contributed by atoms with Crippen LogP contribution in [0.25, 0.3) is 6.08 Å². The molecule has 0 spiro atoms. The van der Waals surface area contributed by atoms with E-state index in [1.807, 2.05) is 16.8 Å². The van der Waals surface area contributed by atoms with Crippen LogP contribution in [0.4, 0.5) is 0 Å². The van der Waals surface area contributed by atoms with E-state index in [1.54, 1.807) is 0 Å². The van der Waals surface area contributed by atoms with Crippen LogP contribution in [0.15, 0.2) is 21.7 Å². The fourth-order valence-corrected chi connectivity index (χ4v) is 1.34. The topological polar surface area (TPSA) is 37.3 Å². The number of aliphatic carboxylic acids is 1. The van der Waals surface area contributed by atoms with Crippen LogP contribution < -0.4 is 0 Å². The standard InChI is InChI=1S/C7H6O2S2/c8-7(9)6(10)3-5-1-2-11-4-5/h1-4,10H,(H,8,9)/b6-3-. The van der Waals surface area contributed by atoms with Crippen LogP contribution in [0, 0.1) is 0 Å². The van der Waals surface area contributed by atoms with Gasteiger partial charge in [0, 0.05) is 0 Å². The molecule has 11 heavy (non-hydrogen) atoms. The SMILES string of the molecule is O=C(O)/C(S)=C/c1ccsc1. The number of carboxylic acid groups (broad SMARTS) is 1. The van der Waals surface area contributed by atoms with Gasteiger partial charge in [0.05, 0.1) is 4.91 Å². The molecule has 1 aromatic rings. The lowest BCUT2D eigenvalue weighted by Gasteiger charge is -1.88. The van der Waals surface area contributed by atoms with E-state index in [0.29, 0.717) is 0 Å². The van der Waals surface area contributed by atoms with Gasteiger partial charge in [0.15, 0.2) is 0 Å². The van der Waals surface area contributed by atoms with Crippen molar-refractivity contribution in [2.75, 3.05) is 0 Å². The van der Waals surface area contributed by atoms with Gasteiger partial charge in [-0.1, -0.05) is 0 Å². The first-order valence-electron chi connectivity index (χ1n) is 2.86. The lowest BCUT2D eigenvalue weighted by atomic mass is 10.3. The van der Waals surface area contributed by atoms with E-state index in [-0.39, 0.29) is 4.91 Å². The molecule has 4 heteroatoms. The molecule has 0 radical (unpaired) electrons. The highest BCUT2D eigenvalue weighted by molar-refractivity contribution is 7.85. The molecule has 0 aromatic carbocycles. The summed E-state index contributed by atoms with van der Waals surface area (Å²) < 4.78 is 0. The van der Waals surface area contributed by atoms with Crippen molar-refractivity contribution in [3.05, 3.63) is 27.3 Å². The number of thiol groups is 1. The molecule has 2 nitrogen and oxygen atoms in total. The average molecular weight is 186 g/mol. The molecular weight excluding hydrogens is 180 g/mol. The van der Waals surface area contributed by atoms with Gasteiger partial charge in [-0.2, -0.15) is 11.3 Å². The molecule has 58 valence electrons. The molecule has 1 rings (SSSR count). The maximum Gasteiger partial charge on any atom is 0.341 e. The summed E-state index contributed by atoms with van der Waals surface area (Å²) in [6.07, 6.45) is 1.52. The molecule has 1 aromatic heterocycles. The van der Waals surface area contributed by atoms with Crippen molar-refractivity contribution in [2.45, 2.75) is 0 Å². The molecule has 0 bridgehead atoms. The van der Waals surface area contributed by atoms with Gasteiger partial charge in [-0.25, -0.2) is 4.79 Å². The Bertz CT molecular complexity index is 275. The van der Waals surface area contributed by atoms with Crippen LogP contribution in [0.3, 0.4) is 0 Å². The van der Waals surface area contributed by atoms with Crippen molar-refractivity contribution in [1.82, 2.24) is 0 Å². The van der Waals surface area contributed by atoms with Crippen molar-refractivity contribution in [3.63, 3.8) is 0 Å². The molecule has 0 aliphatic carbocycles. The van der Waals surface area contributed by atoms with E-state index in [9.17, 15) is 4.79 Å². The van der Waals surface area contributed by atoms with E-state index in [1.165, 1.54) is 17.4 Å². The third-order valence-corrected chi connectivity index (χ3v) is 2.09. The number of thiophene rings is 1. The summed E-state index contributed by atoms with van der Waals surface area (Å²) >= 11 is 5.30. The number of carbonyl (C=O) groups is 1. The van der Waals surface area contributed by atoms with Gasteiger partial charge in [-0.15, -0.1) is 12.6 Å². The summed E-state index contributed by atoms with van der Waals surface area (Å²) in [5.41, 5.74) is 0.877. The van der Waals surface area contributed by atoms with Crippen molar-refractivity contribution in [3.8, 4) is 0 Å². The maximum absolute atomic E-state index is 10.3. The Morgan fingerprint density at radius 1 is 1.73 bits per heavy atom. The summed E-state index contributed by atoms with van der Waals surface area (Å²) in [5, 5.41) is 12.2. The summed E-state index contributed by atoms with van der Waals surface area (Å²) in [7, 11) is 0. The molecule has 0 fully saturated rings. The molecule has 1 heterocycles. The van der Waals surface area contributed by atoms with Gasteiger partial charge in [-0.3, -0.25) is 0 Å². The summed E-state index contributed by atoms with van der Waals surface area (Å²) in [6, 6.07) is 1.84. The first-order valence-corrected chi connectivity index (χ1v) is 4.25. The van der Waals surface area contributed by atoms with Crippen molar-refractivity contribution < 1.29 is 9.90 Å². The van der Waals surface area contributed by atoms with Gasteiger partial charge in [0.2, 0.25) is 0 Å². The molecule has 0 aliphatic heterocycles. The summed E-state index contributed by atoms with van der Waals surface area (Å²) in [5.74, 6) is -1.00. The van der Waals surface area contributed by atoms with Gasteiger partial charge >= 0.3 is 5.97 Å². The Kier molecular flexibility index (Phi) is 2.73. The third-order valence-electron chi connectivity index (χ3n) is 1.07. The zero-order valence-electron chi connectivity index (χ0n) is 5.52. The summed E-state index contributed by atoms with van der Waals surface area (Å²) in [6.45, 7) is 0. The predicted molar refractivity (Wildman–Crippen MR) is 48.9 cm³/mol. The Morgan fingerprint density at radius 2 is 2.45 bits per heavy atom. The highest BCUT2D eigenvalue weighted by Gasteiger charge is 2.00. The lowest BCUT2D eigenvalue weighted by molar-refractivity contribution is -0.131. The Hall–Kier alpha value is -0.740. The van der Waals surface area contributed by atoms with E-state index < -0.39 is 5.97 Å². The molecule has 1 N–H and O–H groups in total. The quantitative estimate of drug-likeness (QED) is 0.548. The smallest absolute Gasteiger partial charge is 0.341 e. The minimum atomic E-state index is -1.00. The number of hydrogen-bond donors (Lipinski definition) is 2. The predicted octanol–water partition coefficient (Wildman–Crippen LogP) is 2.10. The first kappa shape index (κ1) is 8.36. The second-order valence-electron chi connectivity index (χ2n) is 1.89. The zero-order valence-corrected chi connectivity index (χ0v) is 7.23. The first-order chi connectivity index (χ1) is 5.20. The molecule has 0 saturated carbocycles. The van der Waals surface area contributed by atoms with E-state index >= 15 is 0 Å². The van der Waals surface area contributed by atoms with Crippen LogP contribution in [0.5, 0.6) is 0 Å². The van der Waals surface area contributed by atoms with Crippen LogP contribution >= 0.6 is 24.0 Å². The van der Waals surface area contributed by atoms with E-state index in [2.05, 4.69) is 12.6 Å². The van der Waals surface area contributed by atoms with Gasteiger partial charge in [-0.05, 0) is 28.5 Å². The number of carboxylic acids is 1. The fraction of sp³-hybridized carbons (Fsp3) is 0.